The normalized spacial score (nSPS) is 10.7. The van der Waals surface area contributed by atoms with Crippen LogP contribution in [0.15, 0.2) is 57.6 Å². The van der Waals surface area contributed by atoms with Gasteiger partial charge in [-0.1, -0.05) is 12.1 Å². The second kappa shape index (κ2) is 4.34. The summed E-state index contributed by atoms with van der Waals surface area (Å²) < 4.78 is 7.93. The number of benzene rings is 1. The van der Waals surface area contributed by atoms with Gasteiger partial charge >= 0.3 is 0 Å². The van der Waals surface area contributed by atoms with Gasteiger partial charge in [-0.25, -0.2) is 4.68 Å². The van der Waals surface area contributed by atoms with E-state index in [0.717, 1.165) is 10.2 Å². The van der Waals surface area contributed by atoms with Crippen LogP contribution in [0.2, 0.25) is 0 Å². The topological polar surface area (TPSA) is 57.0 Å². The van der Waals surface area contributed by atoms with E-state index in [9.17, 15) is 0 Å². The summed E-state index contributed by atoms with van der Waals surface area (Å²) in [6.07, 6.45) is 1.61. The van der Waals surface area contributed by atoms with Crippen molar-refractivity contribution in [3.05, 3.63) is 53.2 Å². The molecule has 2 heterocycles. The molecule has 0 aliphatic carbocycles. The number of nitrogens with two attached hydrogens (primary N) is 1. The molecule has 2 N–H and O–H groups in total. The number of halogens is 1. The van der Waals surface area contributed by atoms with Crippen LogP contribution >= 0.6 is 15.9 Å². The van der Waals surface area contributed by atoms with Crippen LogP contribution in [0.3, 0.4) is 0 Å². The van der Waals surface area contributed by atoms with Crippen molar-refractivity contribution in [3.8, 4) is 17.1 Å². The molecule has 0 aliphatic heterocycles. The number of rotatable bonds is 2. The Morgan fingerprint density at radius 1 is 1.17 bits per heavy atom. The Kier molecular flexibility index (Phi) is 2.68. The van der Waals surface area contributed by atoms with Gasteiger partial charge in [0.2, 0.25) is 0 Å². The van der Waals surface area contributed by atoms with E-state index in [0.29, 0.717) is 17.3 Å². The van der Waals surface area contributed by atoms with Crippen molar-refractivity contribution in [2.75, 3.05) is 5.73 Å². The molecule has 0 spiro atoms. The summed E-state index contributed by atoms with van der Waals surface area (Å²) in [4.78, 5) is 0. The third-order valence-electron chi connectivity index (χ3n) is 2.59. The van der Waals surface area contributed by atoms with Crippen molar-refractivity contribution in [1.29, 1.82) is 0 Å². The standard InChI is InChI=1S/C13H10BrN3O/c14-9-4-1-2-5-11(9)17-13(15)8-10(16-17)12-6-3-7-18-12/h1-8H,15H2. The van der Waals surface area contributed by atoms with Crippen molar-refractivity contribution in [2.24, 2.45) is 0 Å². The van der Waals surface area contributed by atoms with Crippen LogP contribution in [0, 0.1) is 0 Å². The van der Waals surface area contributed by atoms with Crippen LogP contribution < -0.4 is 5.73 Å². The molecule has 1 aromatic carbocycles. The first-order valence-electron chi connectivity index (χ1n) is 5.40. The fraction of sp³-hybridized carbons (Fsp3) is 0. The van der Waals surface area contributed by atoms with Crippen LogP contribution in [-0.2, 0) is 0 Å². The lowest BCUT2D eigenvalue weighted by atomic mass is 10.3. The van der Waals surface area contributed by atoms with Crippen molar-refractivity contribution in [3.63, 3.8) is 0 Å². The van der Waals surface area contributed by atoms with Gasteiger partial charge in [0.1, 0.15) is 11.5 Å². The van der Waals surface area contributed by atoms with Crippen LogP contribution in [-0.4, -0.2) is 9.78 Å². The number of para-hydroxylation sites is 1. The minimum atomic E-state index is 0.563. The summed E-state index contributed by atoms with van der Waals surface area (Å²) in [6, 6.07) is 13.2. The molecule has 0 amide bonds. The third-order valence-corrected chi connectivity index (χ3v) is 3.26. The van der Waals surface area contributed by atoms with E-state index in [-0.39, 0.29) is 0 Å². The van der Waals surface area contributed by atoms with E-state index in [4.69, 9.17) is 10.2 Å². The maximum Gasteiger partial charge on any atom is 0.154 e. The summed E-state index contributed by atoms with van der Waals surface area (Å²) in [7, 11) is 0. The Hall–Kier alpha value is -2.01. The molecule has 4 nitrogen and oxygen atoms in total. The Morgan fingerprint density at radius 3 is 2.72 bits per heavy atom. The molecule has 0 fully saturated rings. The van der Waals surface area contributed by atoms with E-state index in [2.05, 4.69) is 21.0 Å². The number of aromatic nitrogens is 2. The van der Waals surface area contributed by atoms with Gasteiger partial charge in [-0.05, 0) is 40.2 Å². The lowest BCUT2D eigenvalue weighted by Gasteiger charge is -2.05. The molecule has 3 rings (SSSR count). The van der Waals surface area contributed by atoms with E-state index >= 15 is 0 Å². The first-order chi connectivity index (χ1) is 8.75. The van der Waals surface area contributed by atoms with Gasteiger partial charge in [0.05, 0.1) is 12.0 Å². The van der Waals surface area contributed by atoms with Crippen LogP contribution in [0.5, 0.6) is 0 Å². The van der Waals surface area contributed by atoms with Gasteiger partial charge < -0.3 is 10.2 Å². The molecule has 0 saturated carbocycles. The van der Waals surface area contributed by atoms with Crippen LogP contribution in [0.1, 0.15) is 0 Å². The molecule has 90 valence electrons. The molecule has 0 saturated heterocycles. The highest BCUT2D eigenvalue weighted by Crippen LogP contribution is 2.26. The molecular formula is C13H10BrN3O. The zero-order valence-electron chi connectivity index (χ0n) is 9.38. The number of nitrogens with zero attached hydrogens (tertiary/aromatic N) is 2. The van der Waals surface area contributed by atoms with Crippen molar-refractivity contribution < 1.29 is 4.42 Å². The van der Waals surface area contributed by atoms with Gasteiger partial charge in [0.15, 0.2) is 5.76 Å². The second-order valence-electron chi connectivity index (χ2n) is 3.79. The van der Waals surface area contributed by atoms with Crippen molar-refractivity contribution >= 4 is 21.7 Å². The summed E-state index contributed by atoms with van der Waals surface area (Å²) in [6.45, 7) is 0. The zero-order chi connectivity index (χ0) is 12.5. The van der Waals surface area contributed by atoms with Gasteiger partial charge in [0, 0.05) is 10.5 Å². The van der Waals surface area contributed by atoms with Gasteiger partial charge in [-0.2, -0.15) is 5.10 Å². The van der Waals surface area contributed by atoms with Crippen molar-refractivity contribution in [1.82, 2.24) is 9.78 Å². The number of nitrogen functional groups attached to an aromatic ring is 1. The molecule has 0 unspecified atom stereocenters. The number of hydrogen-bond donors (Lipinski definition) is 1. The molecule has 18 heavy (non-hydrogen) atoms. The first-order valence-corrected chi connectivity index (χ1v) is 6.19. The van der Waals surface area contributed by atoms with E-state index in [1.165, 1.54) is 0 Å². The Morgan fingerprint density at radius 2 is 2.00 bits per heavy atom. The fourth-order valence-corrected chi connectivity index (χ4v) is 2.21. The minimum Gasteiger partial charge on any atom is -0.463 e. The largest absolute Gasteiger partial charge is 0.463 e. The highest BCUT2D eigenvalue weighted by molar-refractivity contribution is 9.10. The predicted octanol–water partition coefficient (Wildman–Crippen LogP) is 3.48. The smallest absolute Gasteiger partial charge is 0.154 e. The molecule has 0 aliphatic rings. The number of anilines is 1. The first kappa shape index (κ1) is 11.1. The lowest BCUT2D eigenvalue weighted by molar-refractivity contribution is 0.579. The van der Waals surface area contributed by atoms with Crippen molar-refractivity contribution in [2.45, 2.75) is 0 Å². The predicted molar refractivity (Wildman–Crippen MR) is 73.4 cm³/mol. The quantitative estimate of drug-likeness (QED) is 0.788. The number of hydrogen-bond acceptors (Lipinski definition) is 3. The maximum atomic E-state index is 5.99. The van der Waals surface area contributed by atoms with E-state index in [1.54, 1.807) is 17.0 Å². The monoisotopic (exact) mass is 303 g/mol. The third kappa shape index (κ3) is 1.82. The molecule has 5 heteroatoms. The zero-order valence-corrected chi connectivity index (χ0v) is 11.0. The summed E-state index contributed by atoms with van der Waals surface area (Å²) in [5.74, 6) is 1.26. The van der Waals surface area contributed by atoms with Gasteiger partial charge in [-0.15, -0.1) is 0 Å². The molecule has 0 atom stereocenters. The highest BCUT2D eigenvalue weighted by Gasteiger charge is 2.12. The molecule has 0 bridgehead atoms. The maximum absolute atomic E-state index is 5.99. The average molecular weight is 304 g/mol. The van der Waals surface area contributed by atoms with E-state index in [1.807, 2.05) is 36.4 Å². The molecule has 2 aromatic heterocycles. The fourth-order valence-electron chi connectivity index (χ4n) is 1.76. The number of furan rings is 1. The Balaban J connectivity index is 2.12. The molecule has 0 radical (unpaired) electrons. The Bertz CT molecular complexity index is 673. The average Bonchev–Trinajstić information content (AvgIpc) is 2.99. The Labute approximate surface area is 112 Å². The minimum absolute atomic E-state index is 0.563. The van der Waals surface area contributed by atoms with Crippen LogP contribution in [0.4, 0.5) is 5.82 Å². The van der Waals surface area contributed by atoms with Gasteiger partial charge in [0.25, 0.3) is 0 Å². The van der Waals surface area contributed by atoms with Crippen LogP contribution in [0.25, 0.3) is 17.1 Å². The highest BCUT2D eigenvalue weighted by atomic mass is 79.9. The molecule has 3 aromatic rings. The SMILES string of the molecule is Nc1cc(-c2ccco2)nn1-c1ccccc1Br. The lowest BCUT2D eigenvalue weighted by Crippen LogP contribution is -2.02. The summed E-state index contributed by atoms with van der Waals surface area (Å²) >= 11 is 3.49. The summed E-state index contributed by atoms with van der Waals surface area (Å²) in [5, 5.41) is 4.45. The van der Waals surface area contributed by atoms with Gasteiger partial charge in [-0.3, -0.25) is 0 Å². The summed E-state index contributed by atoms with van der Waals surface area (Å²) in [5.41, 5.74) is 7.60. The van der Waals surface area contributed by atoms with E-state index < -0.39 is 0 Å². The second-order valence-corrected chi connectivity index (χ2v) is 4.65. The molecular weight excluding hydrogens is 294 g/mol.